The zero-order valence-corrected chi connectivity index (χ0v) is 12.9. The van der Waals surface area contributed by atoms with E-state index >= 15 is 0 Å². The van der Waals surface area contributed by atoms with Crippen LogP contribution >= 0.6 is 0 Å². The van der Waals surface area contributed by atoms with Gasteiger partial charge in [-0.05, 0) is 57.5 Å². The lowest BCUT2D eigenvalue weighted by Gasteiger charge is -2.35. The molecule has 20 heavy (non-hydrogen) atoms. The molecule has 0 aromatic carbocycles. The van der Waals surface area contributed by atoms with Gasteiger partial charge < -0.3 is 16.0 Å². The van der Waals surface area contributed by atoms with Crippen molar-refractivity contribution in [3.05, 3.63) is 0 Å². The third kappa shape index (κ3) is 4.45. The molecule has 2 rings (SSSR count). The van der Waals surface area contributed by atoms with Gasteiger partial charge in [-0.2, -0.15) is 0 Å². The van der Waals surface area contributed by atoms with Crippen molar-refractivity contribution in [1.29, 1.82) is 0 Å². The number of rotatable bonds is 7. The summed E-state index contributed by atoms with van der Waals surface area (Å²) in [6.07, 6.45) is 8.78. The van der Waals surface area contributed by atoms with Gasteiger partial charge in [0.25, 0.3) is 0 Å². The van der Waals surface area contributed by atoms with Crippen LogP contribution in [0.1, 0.15) is 58.3 Å². The van der Waals surface area contributed by atoms with Gasteiger partial charge in [-0.15, -0.1) is 0 Å². The molecule has 3 unspecified atom stereocenters. The summed E-state index contributed by atoms with van der Waals surface area (Å²) in [5, 5.41) is 3.26. The highest BCUT2D eigenvalue weighted by atomic mass is 16.1. The highest BCUT2D eigenvalue weighted by Gasteiger charge is 2.32. The molecular weight excluding hydrogens is 250 g/mol. The fraction of sp³-hybridized carbons (Fsp3) is 0.938. The summed E-state index contributed by atoms with van der Waals surface area (Å²) in [5.41, 5.74) is 5.61. The van der Waals surface area contributed by atoms with E-state index in [-0.39, 0.29) is 5.91 Å². The van der Waals surface area contributed by atoms with Gasteiger partial charge in [0, 0.05) is 25.0 Å². The normalized spacial score (nSPS) is 28.1. The maximum atomic E-state index is 12.1. The van der Waals surface area contributed by atoms with Crippen molar-refractivity contribution in [2.45, 2.75) is 70.4 Å². The third-order valence-corrected chi connectivity index (χ3v) is 5.12. The fourth-order valence-electron chi connectivity index (χ4n) is 3.78. The van der Waals surface area contributed by atoms with E-state index < -0.39 is 0 Å². The summed E-state index contributed by atoms with van der Waals surface area (Å²) in [7, 11) is 0. The van der Waals surface area contributed by atoms with Gasteiger partial charge in [-0.25, -0.2) is 0 Å². The van der Waals surface area contributed by atoms with Crippen LogP contribution in [0.25, 0.3) is 0 Å². The van der Waals surface area contributed by atoms with Crippen LogP contribution in [-0.2, 0) is 4.79 Å². The maximum Gasteiger partial charge on any atom is 0.220 e. The summed E-state index contributed by atoms with van der Waals surface area (Å²) in [4.78, 5) is 14.7. The minimum Gasteiger partial charge on any atom is -0.353 e. The molecule has 2 heterocycles. The van der Waals surface area contributed by atoms with E-state index in [1.54, 1.807) is 0 Å². The first-order valence-electron chi connectivity index (χ1n) is 8.46. The number of fused-ring (bicyclic) bond motifs is 1. The molecule has 116 valence electrons. The van der Waals surface area contributed by atoms with E-state index in [1.165, 1.54) is 25.9 Å². The summed E-state index contributed by atoms with van der Waals surface area (Å²) in [6, 6.07) is 1.14. The van der Waals surface area contributed by atoms with Gasteiger partial charge in [0.2, 0.25) is 5.91 Å². The number of carbonyl (C=O) groups excluding carboxylic acids is 1. The molecule has 2 aliphatic rings. The lowest BCUT2D eigenvalue weighted by Crippen LogP contribution is -2.47. The topological polar surface area (TPSA) is 58.4 Å². The lowest BCUT2D eigenvalue weighted by atomic mass is 9.95. The molecule has 2 saturated heterocycles. The molecule has 2 fully saturated rings. The van der Waals surface area contributed by atoms with Gasteiger partial charge in [-0.1, -0.05) is 13.3 Å². The zero-order chi connectivity index (χ0) is 14.4. The van der Waals surface area contributed by atoms with Gasteiger partial charge in [0.1, 0.15) is 0 Å². The van der Waals surface area contributed by atoms with Crippen molar-refractivity contribution in [3.8, 4) is 0 Å². The second-order valence-electron chi connectivity index (χ2n) is 6.51. The Kier molecular flexibility index (Phi) is 6.30. The molecule has 0 spiro atoms. The number of amides is 1. The smallest absolute Gasteiger partial charge is 0.220 e. The molecule has 4 heteroatoms. The number of hydrogen-bond donors (Lipinski definition) is 2. The number of nitrogens with two attached hydrogens (primary N) is 1. The van der Waals surface area contributed by atoms with Crippen LogP contribution < -0.4 is 11.1 Å². The highest BCUT2D eigenvalue weighted by Crippen LogP contribution is 2.27. The molecule has 0 bridgehead atoms. The van der Waals surface area contributed by atoms with E-state index in [4.69, 9.17) is 5.73 Å². The van der Waals surface area contributed by atoms with Crippen molar-refractivity contribution >= 4 is 5.91 Å². The predicted molar refractivity (Wildman–Crippen MR) is 82.4 cm³/mol. The Bertz CT molecular complexity index is 308. The number of carbonyl (C=O) groups is 1. The number of hydrogen-bond acceptors (Lipinski definition) is 3. The Morgan fingerprint density at radius 2 is 2.20 bits per heavy atom. The largest absolute Gasteiger partial charge is 0.353 e. The van der Waals surface area contributed by atoms with Crippen molar-refractivity contribution in [3.63, 3.8) is 0 Å². The quantitative estimate of drug-likeness (QED) is 0.749. The molecule has 3 atom stereocenters. The second-order valence-corrected chi connectivity index (χ2v) is 6.51. The summed E-state index contributed by atoms with van der Waals surface area (Å²) in [5.74, 6) is 0.861. The summed E-state index contributed by atoms with van der Waals surface area (Å²) >= 11 is 0. The molecule has 0 aromatic rings. The molecule has 0 aliphatic carbocycles. The van der Waals surface area contributed by atoms with E-state index in [2.05, 4.69) is 17.1 Å². The first-order valence-corrected chi connectivity index (χ1v) is 8.46. The molecular formula is C16H31N3O. The second kappa shape index (κ2) is 7.99. The summed E-state index contributed by atoms with van der Waals surface area (Å²) < 4.78 is 0. The third-order valence-electron chi connectivity index (χ3n) is 5.12. The minimum atomic E-state index is 0.247. The monoisotopic (exact) mass is 281 g/mol. The molecule has 0 aromatic heterocycles. The predicted octanol–water partition coefficient (Wildman–Crippen LogP) is 1.88. The van der Waals surface area contributed by atoms with E-state index in [9.17, 15) is 4.79 Å². The SMILES string of the molecule is CCC(CCN)CCC(=O)NC1CCN2CCCC2C1. The van der Waals surface area contributed by atoms with Gasteiger partial charge in [0.15, 0.2) is 0 Å². The summed E-state index contributed by atoms with van der Waals surface area (Å²) in [6.45, 7) is 5.36. The van der Waals surface area contributed by atoms with Gasteiger partial charge in [0.05, 0.1) is 0 Å². The Hall–Kier alpha value is -0.610. The first-order chi connectivity index (χ1) is 9.72. The minimum absolute atomic E-state index is 0.247. The number of piperidine rings is 1. The fourth-order valence-corrected chi connectivity index (χ4v) is 3.78. The molecule has 2 aliphatic heterocycles. The van der Waals surface area contributed by atoms with E-state index in [0.29, 0.717) is 18.4 Å². The number of nitrogens with one attached hydrogen (secondary N) is 1. The first kappa shape index (κ1) is 15.8. The number of nitrogens with zero attached hydrogens (tertiary/aromatic N) is 1. The zero-order valence-electron chi connectivity index (χ0n) is 12.9. The van der Waals surface area contributed by atoms with E-state index in [0.717, 1.165) is 44.7 Å². The molecule has 0 radical (unpaired) electrons. The van der Waals surface area contributed by atoms with Crippen LogP contribution in [0.4, 0.5) is 0 Å². The van der Waals surface area contributed by atoms with E-state index in [1.807, 2.05) is 0 Å². The maximum absolute atomic E-state index is 12.1. The average molecular weight is 281 g/mol. The Morgan fingerprint density at radius 1 is 1.35 bits per heavy atom. The molecule has 1 amide bonds. The highest BCUT2D eigenvalue weighted by molar-refractivity contribution is 5.76. The standard InChI is InChI=1S/C16H31N3O/c1-2-13(7-9-17)5-6-16(20)18-14-8-11-19-10-3-4-15(19)12-14/h13-15H,2-12,17H2,1H3,(H,18,20). The van der Waals surface area contributed by atoms with Crippen molar-refractivity contribution in [2.24, 2.45) is 11.7 Å². The lowest BCUT2D eigenvalue weighted by molar-refractivity contribution is -0.122. The van der Waals surface area contributed by atoms with Crippen LogP contribution in [0.15, 0.2) is 0 Å². The van der Waals surface area contributed by atoms with Crippen LogP contribution in [0, 0.1) is 5.92 Å². The van der Waals surface area contributed by atoms with Crippen LogP contribution in [-0.4, -0.2) is 42.5 Å². The molecule has 3 N–H and O–H groups in total. The van der Waals surface area contributed by atoms with Crippen LogP contribution in [0.3, 0.4) is 0 Å². The van der Waals surface area contributed by atoms with Crippen molar-refractivity contribution in [1.82, 2.24) is 10.2 Å². The average Bonchev–Trinajstić information content (AvgIpc) is 2.91. The Labute approximate surface area is 123 Å². The van der Waals surface area contributed by atoms with Crippen LogP contribution in [0.2, 0.25) is 0 Å². The van der Waals surface area contributed by atoms with Crippen molar-refractivity contribution in [2.75, 3.05) is 19.6 Å². The Morgan fingerprint density at radius 3 is 2.95 bits per heavy atom. The van der Waals surface area contributed by atoms with Gasteiger partial charge >= 0.3 is 0 Å². The Balaban J connectivity index is 1.66. The van der Waals surface area contributed by atoms with Crippen molar-refractivity contribution < 1.29 is 4.79 Å². The molecule has 0 saturated carbocycles. The molecule has 4 nitrogen and oxygen atoms in total. The van der Waals surface area contributed by atoms with Crippen LogP contribution in [0.5, 0.6) is 0 Å². The van der Waals surface area contributed by atoms with Gasteiger partial charge in [-0.3, -0.25) is 4.79 Å².